The number of rotatable bonds is 6. The molecule has 0 bridgehead atoms. The van der Waals surface area contributed by atoms with E-state index < -0.39 is 0 Å². The number of benzene rings is 1. The molecule has 2 amide bonds. The van der Waals surface area contributed by atoms with Gasteiger partial charge in [0.1, 0.15) is 0 Å². The van der Waals surface area contributed by atoms with Crippen molar-refractivity contribution in [1.82, 2.24) is 10.6 Å². The molecule has 126 valence electrons. The SMILES string of the molecule is Cc1cc(Br)ccc1NC(=O)CNC(=O)CCC1CCNCC1. The average molecular weight is 382 g/mol. The van der Waals surface area contributed by atoms with Gasteiger partial charge in [-0.1, -0.05) is 15.9 Å². The van der Waals surface area contributed by atoms with Gasteiger partial charge in [0.25, 0.3) is 0 Å². The second kappa shape index (κ2) is 9.03. The van der Waals surface area contributed by atoms with Crippen LogP contribution >= 0.6 is 15.9 Å². The summed E-state index contributed by atoms with van der Waals surface area (Å²) >= 11 is 3.39. The molecule has 0 spiro atoms. The Labute approximate surface area is 145 Å². The molecule has 1 aromatic rings. The topological polar surface area (TPSA) is 70.2 Å². The van der Waals surface area contributed by atoms with Gasteiger partial charge in [0.2, 0.25) is 11.8 Å². The number of carbonyl (C=O) groups is 2. The van der Waals surface area contributed by atoms with Crippen molar-refractivity contribution < 1.29 is 9.59 Å². The van der Waals surface area contributed by atoms with Gasteiger partial charge in [-0.25, -0.2) is 0 Å². The van der Waals surface area contributed by atoms with Crippen LogP contribution in [-0.4, -0.2) is 31.4 Å². The number of halogens is 1. The van der Waals surface area contributed by atoms with Crippen LogP contribution in [-0.2, 0) is 9.59 Å². The van der Waals surface area contributed by atoms with Gasteiger partial charge in [0, 0.05) is 16.6 Å². The van der Waals surface area contributed by atoms with Crippen molar-refractivity contribution in [3.63, 3.8) is 0 Å². The molecule has 0 atom stereocenters. The molecule has 0 unspecified atom stereocenters. The molecule has 0 aliphatic carbocycles. The number of aryl methyl sites for hydroxylation is 1. The highest BCUT2D eigenvalue weighted by Crippen LogP contribution is 2.20. The van der Waals surface area contributed by atoms with Gasteiger partial charge in [-0.2, -0.15) is 0 Å². The molecule has 6 heteroatoms. The monoisotopic (exact) mass is 381 g/mol. The Kier molecular flexibility index (Phi) is 7.05. The summed E-state index contributed by atoms with van der Waals surface area (Å²) in [6.45, 7) is 4.03. The maximum absolute atomic E-state index is 11.9. The summed E-state index contributed by atoms with van der Waals surface area (Å²) in [5.74, 6) is 0.373. The summed E-state index contributed by atoms with van der Waals surface area (Å²) < 4.78 is 0.971. The van der Waals surface area contributed by atoms with Crippen molar-refractivity contribution in [2.75, 3.05) is 25.0 Å². The molecule has 0 saturated carbocycles. The van der Waals surface area contributed by atoms with Crippen LogP contribution in [0.1, 0.15) is 31.2 Å². The van der Waals surface area contributed by atoms with Crippen molar-refractivity contribution in [3.8, 4) is 0 Å². The fourth-order valence-electron chi connectivity index (χ4n) is 2.73. The minimum absolute atomic E-state index is 0.0144. The van der Waals surface area contributed by atoms with E-state index in [0.29, 0.717) is 12.3 Å². The zero-order chi connectivity index (χ0) is 16.7. The molecule has 1 fully saturated rings. The van der Waals surface area contributed by atoms with Crippen LogP contribution in [0.4, 0.5) is 5.69 Å². The first-order valence-electron chi connectivity index (χ1n) is 8.08. The van der Waals surface area contributed by atoms with E-state index in [1.165, 1.54) is 0 Å². The lowest BCUT2D eigenvalue weighted by molar-refractivity contribution is -0.124. The first-order chi connectivity index (χ1) is 11.0. The zero-order valence-corrected chi connectivity index (χ0v) is 15.0. The van der Waals surface area contributed by atoms with E-state index in [1.54, 1.807) is 0 Å². The molecule has 1 heterocycles. The van der Waals surface area contributed by atoms with Gasteiger partial charge >= 0.3 is 0 Å². The summed E-state index contributed by atoms with van der Waals surface area (Å²) in [6.07, 6.45) is 3.67. The van der Waals surface area contributed by atoms with Gasteiger partial charge in [-0.15, -0.1) is 0 Å². The molecule has 5 nitrogen and oxygen atoms in total. The van der Waals surface area contributed by atoms with E-state index in [1.807, 2.05) is 25.1 Å². The molecule has 3 N–H and O–H groups in total. The van der Waals surface area contributed by atoms with Gasteiger partial charge in [0.15, 0.2) is 0 Å². The largest absolute Gasteiger partial charge is 0.347 e. The van der Waals surface area contributed by atoms with Crippen LogP contribution < -0.4 is 16.0 Å². The highest BCUT2D eigenvalue weighted by molar-refractivity contribution is 9.10. The molecule has 0 aromatic heterocycles. The second-order valence-corrected chi connectivity index (χ2v) is 6.93. The molecule has 1 aromatic carbocycles. The van der Waals surface area contributed by atoms with Crippen molar-refractivity contribution >= 4 is 33.4 Å². The minimum atomic E-state index is -0.203. The van der Waals surface area contributed by atoms with Crippen molar-refractivity contribution in [3.05, 3.63) is 28.2 Å². The Balaban J connectivity index is 1.68. The number of piperidine rings is 1. The summed E-state index contributed by atoms with van der Waals surface area (Å²) in [4.78, 5) is 23.8. The van der Waals surface area contributed by atoms with Crippen molar-refractivity contribution in [2.24, 2.45) is 5.92 Å². The second-order valence-electron chi connectivity index (χ2n) is 6.02. The third kappa shape index (κ3) is 6.31. The zero-order valence-electron chi connectivity index (χ0n) is 13.5. The van der Waals surface area contributed by atoms with Crippen LogP contribution in [0.5, 0.6) is 0 Å². The van der Waals surface area contributed by atoms with E-state index in [-0.39, 0.29) is 18.4 Å². The Morgan fingerprint density at radius 3 is 2.70 bits per heavy atom. The lowest BCUT2D eigenvalue weighted by Gasteiger charge is -2.22. The fourth-order valence-corrected chi connectivity index (χ4v) is 3.21. The number of hydrogen-bond donors (Lipinski definition) is 3. The summed E-state index contributed by atoms with van der Waals surface area (Å²) in [5, 5.41) is 8.83. The highest BCUT2D eigenvalue weighted by Gasteiger charge is 2.15. The number of hydrogen-bond acceptors (Lipinski definition) is 3. The van der Waals surface area contributed by atoms with Crippen LogP contribution in [0.2, 0.25) is 0 Å². The predicted molar refractivity (Wildman–Crippen MR) is 95.3 cm³/mol. The smallest absolute Gasteiger partial charge is 0.243 e. The fraction of sp³-hybridized carbons (Fsp3) is 0.529. The maximum Gasteiger partial charge on any atom is 0.243 e. The molecular weight excluding hydrogens is 358 g/mol. The number of amides is 2. The van der Waals surface area contributed by atoms with Crippen LogP contribution in [0.15, 0.2) is 22.7 Å². The maximum atomic E-state index is 11.9. The Hall–Kier alpha value is -1.40. The van der Waals surface area contributed by atoms with Crippen molar-refractivity contribution in [1.29, 1.82) is 0 Å². The Bertz CT molecular complexity index is 557. The third-order valence-corrected chi connectivity index (χ3v) is 4.64. The third-order valence-electron chi connectivity index (χ3n) is 4.15. The van der Waals surface area contributed by atoms with Crippen LogP contribution in [0.3, 0.4) is 0 Å². The molecule has 1 aliphatic heterocycles. The number of nitrogens with one attached hydrogen (secondary N) is 3. The van der Waals surface area contributed by atoms with E-state index in [0.717, 1.165) is 48.1 Å². The lowest BCUT2D eigenvalue weighted by atomic mass is 9.93. The summed E-state index contributed by atoms with van der Waals surface area (Å²) in [5.41, 5.74) is 1.74. The van der Waals surface area contributed by atoms with Gasteiger partial charge in [-0.05, 0) is 69.0 Å². The average Bonchev–Trinajstić information content (AvgIpc) is 2.54. The normalized spacial score (nSPS) is 15.2. The van der Waals surface area contributed by atoms with E-state index in [2.05, 4.69) is 31.9 Å². The van der Waals surface area contributed by atoms with Gasteiger partial charge in [-0.3, -0.25) is 9.59 Å². The Morgan fingerprint density at radius 2 is 2.00 bits per heavy atom. The summed E-state index contributed by atoms with van der Waals surface area (Å²) in [7, 11) is 0. The number of anilines is 1. The minimum Gasteiger partial charge on any atom is -0.347 e. The highest BCUT2D eigenvalue weighted by atomic mass is 79.9. The first kappa shape index (κ1) is 17.9. The van der Waals surface area contributed by atoms with Gasteiger partial charge < -0.3 is 16.0 Å². The van der Waals surface area contributed by atoms with E-state index in [9.17, 15) is 9.59 Å². The summed E-state index contributed by atoms with van der Waals surface area (Å²) in [6, 6.07) is 5.66. The van der Waals surface area contributed by atoms with Gasteiger partial charge in [0.05, 0.1) is 6.54 Å². The number of carbonyl (C=O) groups excluding carboxylic acids is 2. The van der Waals surface area contributed by atoms with Crippen LogP contribution in [0.25, 0.3) is 0 Å². The van der Waals surface area contributed by atoms with E-state index >= 15 is 0 Å². The Morgan fingerprint density at radius 1 is 1.26 bits per heavy atom. The predicted octanol–water partition coefficient (Wildman–Crippen LogP) is 2.59. The molecular formula is C17H24BrN3O2. The standard InChI is InChI=1S/C17H24BrN3O2/c1-12-10-14(18)3-4-15(12)21-17(23)11-20-16(22)5-2-13-6-8-19-9-7-13/h3-4,10,13,19H,2,5-9,11H2,1H3,(H,20,22)(H,21,23). The molecule has 0 radical (unpaired) electrons. The van der Waals surface area contributed by atoms with Crippen LogP contribution in [0, 0.1) is 12.8 Å². The van der Waals surface area contributed by atoms with E-state index in [4.69, 9.17) is 0 Å². The van der Waals surface area contributed by atoms with Crippen molar-refractivity contribution in [2.45, 2.75) is 32.6 Å². The molecule has 1 saturated heterocycles. The molecule has 23 heavy (non-hydrogen) atoms. The molecule has 1 aliphatic rings. The quantitative estimate of drug-likeness (QED) is 0.709. The lowest BCUT2D eigenvalue weighted by Crippen LogP contribution is -2.33. The first-order valence-corrected chi connectivity index (χ1v) is 8.87. The molecule has 2 rings (SSSR count).